The maximum absolute atomic E-state index is 11.4. The summed E-state index contributed by atoms with van der Waals surface area (Å²) in [6, 6.07) is 2.22. The van der Waals surface area contributed by atoms with Crippen LogP contribution >= 0.6 is 0 Å². The summed E-state index contributed by atoms with van der Waals surface area (Å²) in [7, 11) is -2.98. The average molecular weight is 287 g/mol. The Balaban J connectivity index is 2.69. The van der Waals surface area contributed by atoms with Crippen molar-refractivity contribution < 1.29 is 8.42 Å². The summed E-state index contributed by atoms with van der Waals surface area (Å²) in [6.07, 6.45) is 4.85. The van der Waals surface area contributed by atoms with Crippen LogP contribution in [0, 0.1) is 0 Å². The first-order valence-electron chi connectivity index (χ1n) is 6.77. The molecule has 110 valence electrons. The average Bonchev–Trinajstić information content (AvgIpc) is 2.72. The molecule has 1 N–H and O–H groups in total. The molecule has 0 bridgehead atoms. The Morgan fingerprint density at radius 1 is 1.42 bits per heavy atom. The summed E-state index contributed by atoms with van der Waals surface area (Å²) in [4.78, 5) is 0. The van der Waals surface area contributed by atoms with Crippen LogP contribution < -0.4 is 5.32 Å². The van der Waals surface area contributed by atoms with E-state index in [1.165, 1.54) is 6.26 Å². The Hall–Kier alpha value is -0.880. The second kappa shape index (κ2) is 7.05. The predicted molar refractivity (Wildman–Crippen MR) is 78.1 cm³/mol. The van der Waals surface area contributed by atoms with Crippen molar-refractivity contribution in [3.63, 3.8) is 0 Å². The zero-order chi connectivity index (χ0) is 14.5. The molecular weight excluding hydrogens is 262 g/mol. The van der Waals surface area contributed by atoms with E-state index in [2.05, 4.69) is 31.2 Å². The van der Waals surface area contributed by atoms with E-state index in [9.17, 15) is 8.42 Å². The van der Waals surface area contributed by atoms with E-state index in [1.54, 1.807) is 0 Å². The largest absolute Gasteiger partial charge is 0.313 e. The Labute approximate surface area is 116 Å². The van der Waals surface area contributed by atoms with Crippen molar-refractivity contribution in [3.05, 3.63) is 18.0 Å². The van der Waals surface area contributed by atoms with Crippen LogP contribution in [0.3, 0.4) is 0 Å². The molecule has 1 aromatic heterocycles. The van der Waals surface area contributed by atoms with Crippen molar-refractivity contribution >= 4 is 9.84 Å². The number of rotatable bonds is 8. The zero-order valence-electron chi connectivity index (χ0n) is 12.3. The third-order valence-electron chi connectivity index (χ3n) is 2.84. The Morgan fingerprint density at radius 2 is 2.11 bits per heavy atom. The van der Waals surface area contributed by atoms with E-state index in [-0.39, 0.29) is 11.8 Å². The second-order valence-electron chi connectivity index (χ2n) is 5.33. The first kappa shape index (κ1) is 16.2. The normalized spacial score (nSPS) is 13.9. The lowest BCUT2D eigenvalue weighted by Crippen LogP contribution is -2.37. The van der Waals surface area contributed by atoms with Gasteiger partial charge in [0, 0.05) is 31.0 Å². The van der Waals surface area contributed by atoms with E-state index in [1.807, 2.05) is 16.9 Å². The number of aromatic nitrogens is 2. The lowest BCUT2D eigenvalue weighted by molar-refractivity contribution is 0.503. The number of nitrogens with one attached hydrogen (secondary N) is 1. The van der Waals surface area contributed by atoms with Crippen LogP contribution in [0.25, 0.3) is 0 Å². The Kier molecular flexibility index (Phi) is 6.00. The van der Waals surface area contributed by atoms with E-state index >= 15 is 0 Å². The smallest absolute Gasteiger partial charge is 0.148 e. The summed E-state index contributed by atoms with van der Waals surface area (Å²) in [5, 5.41) is 7.75. The van der Waals surface area contributed by atoms with E-state index in [0.29, 0.717) is 12.5 Å². The molecule has 1 aromatic rings. The molecule has 0 aliphatic heterocycles. The third-order valence-corrected chi connectivity index (χ3v) is 3.84. The number of nitrogens with zero attached hydrogens (tertiary/aromatic N) is 2. The molecule has 0 radical (unpaired) electrons. The van der Waals surface area contributed by atoms with Gasteiger partial charge in [-0.2, -0.15) is 5.10 Å². The van der Waals surface area contributed by atoms with Crippen LogP contribution in [0.1, 0.15) is 38.9 Å². The van der Waals surface area contributed by atoms with Gasteiger partial charge in [0.15, 0.2) is 0 Å². The van der Waals surface area contributed by atoms with Gasteiger partial charge in [-0.1, -0.05) is 6.92 Å². The number of hydrogen-bond donors (Lipinski definition) is 1. The van der Waals surface area contributed by atoms with E-state index in [4.69, 9.17) is 0 Å². The maximum atomic E-state index is 11.4. The molecule has 6 heteroatoms. The fourth-order valence-corrected chi connectivity index (χ4v) is 2.90. The fraction of sp³-hybridized carbons (Fsp3) is 0.769. The number of hydrogen-bond acceptors (Lipinski definition) is 4. The molecule has 1 heterocycles. The third kappa shape index (κ3) is 6.20. The van der Waals surface area contributed by atoms with Gasteiger partial charge in [0.1, 0.15) is 9.84 Å². The molecule has 0 spiro atoms. The summed E-state index contributed by atoms with van der Waals surface area (Å²) < 4.78 is 24.8. The molecule has 0 aliphatic carbocycles. The molecule has 0 saturated carbocycles. The van der Waals surface area contributed by atoms with Crippen LogP contribution in [-0.4, -0.2) is 42.8 Å². The maximum Gasteiger partial charge on any atom is 0.148 e. The van der Waals surface area contributed by atoms with Crippen LogP contribution in [0.2, 0.25) is 0 Å². The highest BCUT2D eigenvalue weighted by Gasteiger charge is 2.16. The minimum absolute atomic E-state index is 0.0644. The first-order valence-corrected chi connectivity index (χ1v) is 8.83. The highest BCUT2D eigenvalue weighted by atomic mass is 32.2. The minimum Gasteiger partial charge on any atom is -0.313 e. The Morgan fingerprint density at radius 3 is 2.58 bits per heavy atom. The molecule has 1 rings (SSSR count). The SMILES string of the molecule is CCCNC(Cc1ccn(C(C)C)n1)CS(C)(=O)=O. The van der Waals surface area contributed by atoms with Gasteiger partial charge in [-0.25, -0.2) is 8.42 Å². The van der Waals surface area contributed by atoms with Gasteiger partial charge in [0.25, 0.3) is 0 Å². The van der Waals surface area contributed by atoms with Crippen molar-refractivity contribution in [3.8, 4) is 0 Å². The highest BCUT2D eigenvalue weighted by molar-refractivity contribution is 7.90. The van der Waals surface area contributed by atoms with Crippen molar-refractivity contribution in [1.82, 2.24) is 15.1 Å². The molecular formula is C13H25N3O2S. The fourth-order valence-electron chi connectivity index (χ4n) is 1.93. The van der Waals surface area contributed by atoms with Gasteiger partial charge in [-0.05, 0) is 32.9 Å². The van der Waals surface area contributed by atoms with Crippen molar-refractivity contribution in [2.24, 2.45) is 0 Å². The van der Waals surface area contributed by atoms with Crippen molar-refractivity contribution in [2.75, 3.05) is 18.6 Å². The monoisotopic (exact) mass is 287 g/mol. The summed E-state index contributed by atoms with van der Waals surface area (Å²) in [5.41, 5.74) is 0.936. The van der Waals surface area contributed by atoms with Crippen LogP contribution in [0.15, 0.2) is 12.3 Å². The Bertz CT molecular complexity index is 480. The minimum atomic E-state index is -2.98. The predicted octanol–water partition coefficient (Wildman–Crippen LogP) is 1.42. The summed E-state index contributed by atoms with van der Waals surface area (Å²) in [6.45, 7) is 7.03. The standard InChI is InChI=1S/C13H25N3O2S/c1-5-7-14-13(10-19(4,17)18)9-12-6-8-16(15-12)11(2)3/h6,8,11,13-14H,5,7,9-10H2,1-4H3. The van der Waals surface area contributed by atoms with Crippen molar-refractivity contribution in [2.45, 2.75) is 45.7 Å². The molecule has 0 aliphatic rings. The zero-order valence-corrected chi connectivity index (χ0v) is 13.1. The molecule has 1 unspecified atom stereocenters. The molecule has 5 nitrogen and oxygen atoms in total. The molecule has 19 heavy (non-hydrogen) atoms. The van der Waals surface area contributed by atoms with Crippen LogP contribution in [0.5, 0.6) is 0 Å². The lowest BCUT2D eigenvalue weighted by atomic mass is 10.2. The van der Waals surface area contributed by atoms with Crippen LogP contribution in [0.4, 0.5) is 0 Å². The number of sulfone groups is 1. The first-order chi connectivity index (χ1) is 8.81. The second-order valence-corrected chi connectivity index (χ2v) is 7.51. The molecule has 0 saturated heterocycles. The highest BCUT2D eigenvalue weighted by Crippen LogP contribution is 2.07. The molecule has 0 fully saturated rings. The van der Waals surface area contributed by atoms with Gasteiger partial charge >= 0.3 is 0 Å². The topological polar surface area (TPSA) is 64.0 Å². The van der Waals surface area contributed by atoms with Gasteiger partial charge in [0.05, 0.1) is 11.4 Å². The summed E-state index contributed by atoms with van der Waals surface area (Å²) in [5.74, 6) is 0.154. The van der Waals surface area contributed by atoms with E-state index in [0.717, 1.165) is 18.7 Å². The quantitative estimate of drug-likeness (QED) is 0.785. The van der Waals surface area contributed by atoms with E-state index < -0.39 is 9.84 Å². The van der Waals surface area contributed by atoms with Gasteiger partial charge < -0.3 is 5.32 Å². The molecule has 0 aromatic carbocycles. The van der Waals surface area contributed by atoms with Gasteiger partial charge in [0.2, 0.25) is 0 Å². The molecule has 0 amide bonds. The van der Waals surface area contributed by atoms with Crippen molar-refractivity contribution in [1.29, 1.82) is 0 Å². The van der Waals surface area contributed by atoms with Crippen LogP contribution in [-0.2, 0) is 16.3 Å². The summed E-state index contributed by atoms with van der Waals surface area (Å²) >= 11 is 0. The lowest BCUT2D eigenvalue weighted by Gasteiger charge is -2.16. The van der Waals surface area contributed by atoms with Gasteiger partial charge in [-0.15, -0.1) is 0 Å². The van der Waals surface area contributed by atoms with Gasteiger partial charge in [-0.3, -0.25) is 4.68 Å². The molecule has 1 atom stereocenters.